The number of nitrogens with zero attached hydrogens (tertiary/aromatic N) is 4. The van der Waals surface area contributed by atoms with Gasteiger partial charge in [-0.2, -0.15) is 0 Å². The number of nitrogen functional groups attached to an aromatic ring is 1. The summed E-state index contributed by atoms with van der Waals surface area (Å²) in [6.07, 6.45) is 2.25. The van der Waals surface area contributed by atoms with Crippen LogP contribution in [0.4, 0.5) is 5.69 Å². The lowest BCUT2D eigenvalue weighted by molar-refractivity contribution is 0.393. The first kappa shape index (κ1) is 13.5. The summed E-state index contributed by atoms with van der Waals surface area (Å²) in [6.45, 7) is 7.22. The minimum absolute atomic E-state index is 0.591. The Morgan fingerprint density at radius 3 is 2.68 bits per heavy atom. The molecule has 2 N–H and O–H groups in total. The van der Waals surface area contributed by atoms with Crippen molar-refractivity contribution in [2.24, 2.45) is 5.92 Å². The summed E-state index contributed by atoms with van der Waals surface area (Å²) in [4.78, 5) is 0. The van der Waals surface area contributed by atoms with Crippen molar-refractivity contribution < 1.29 is 0 Å². The monoisotopic (exact) mass is 259 g/mol. The molecule has 0 aliphatic rings. The third kappa shape index (κ3) is 2.75. The lowest BCUT2D eigenvalue weighted by atomic mass is 10.0. The van der Waals surface area contributed by atoms with E-state index in [0.717, 1.165) is 42.0 Å². The van der Waals surface area contributed by atoms with Gasteiger partial charge in [0.15, 0.2) is 5.82 Å². The molecule has 0 saturated heterocycles. The maximum Gasteiger partial charge on any atom is 0.184 e. The lowest BCUT2D eigenvalue weighted by Crippen LogP contribution is -2.12. The molecule has 5 heteroatoms. The third-order valence-corrected chi connectivity index (χ3v) is 3.68. The van der Waals surface area contributed by atoms with Crippen molar-refractivity contribution in [2.45, 2.75) is 40.2 Å². The maximum absolute atomic E-state index is 6.13. The van der Waals surface area contributed by atoms with Crippen LogP contribution in [-0.4, -0.2) is 20.2 Å². The molecule has 0 amide bonds. The predicted molar refractivity (Wildman–Crippen MR) is 76.5 cm³/mol. The van der Waals surface area contributed by atoms with Crippen LogP contribution >= 0.6 is 0 Å². The second kappa shape index (κ2) is 5.82. The van der Waals surface area contributed by atoms with E-state index in [0.29, 0.717) is 5.92 Å². The van der Waals surface area contributed by atoms with Crippen LogP contribution in [0, 0.1) is 12.8 Å². The number of para-hydroxylation sites is 1. The molecule has 5 nitrogen and oxygen atoms in total. The number of nitrogens with two attached hydrogens (primary N) is 1. The van der Waals surface area contributed by atoms with E-state index in [1.165, 1.54) is 0 Å². The maximum atomic E-state index is 6.13. The molecule has 0 saturated carbocycles. The van der Waals surface area contributed by atoms with Crippen molar-refractivity contribution in [3.05, 3.63) is 23.8 Å². The number of benzene rings is 1. The molecule has 1 aromatic carbocycles. The van der Waals surface area contributed by atoms with Gasteiger partial charge in [0.05, 0.1) is 0 Å². The number of rotatable bonds is 5. The smallest absolute Gasteiger partial charge is 0.184 e. The first-order chi connectivity index (χ1) is 9.17. The number of anilines is 1. The zero-order valence-corrected chi connectivity index (χ0v) is 11.8. The highest BCUT2D eigenvalue weighted by molar-refractivity contribution is 5.73. The van der Waals surface area contributed by atoms with Crippen molar-refractivity contribution in [1.29, 1.82) is 0 Å². The van der Waals surface area contributed by atoms with E-state index < -0.39 is 0 Å². The molecular weight excluding hydrogens is 238 g/mol. The predicted octanol–water partition coefficient (Wildman–Crippen LogP) is 2.67. The first-order valence-electron chi connectivity index (χ1n) is 6.79. The molecule has 0 spiro atoms. The minimum atomic E-state index is 0.591. The van der Waals surface area contributed by atoms with Crippen LogP contribution in [0.15, 0.2) is 18.2 Å². The molecule has 19 heavy (non-hydrogen) atoms. The van der Waals surface area contributed by atoms with E-state index in [2.05, 4.69) is 29.4 Å². The van der Waals surface area contributed by atoms with Crippen LogP contribution < -0.4 is 5.73 Å². The molecule has 0 atom stereocenters. The molecule has 0 radical (unpaired) electrons. The zero-order chi connectivity index (χ0) is 13.8. The minimum Gasteiger partial charge on any atom is -0.398 e. The summed E-state index contributed by atoms with van der Waals surface area (Å²) in [5, 5.41) is 12.0. The molecule has 1 aromatic heterocycles. The van der Waals surface area contributed by atoms with Gasteiger partial charge in [0.2, 0.25) is 0 Å². The number of aryl methyl sites for hydroxylation is 1. The lowest BCUT2D eigenvalue weighted by Gasteiger charge is -2.14. The van der Waals surface area contributed by atoms with Gasteiger partial charge >= 0.3 is 0 Å². The van der Waals surface area contributed by atoms with E-state index in [1.807, 2.05) is 29.8 Å². The van der Waals surface area contributed by atoms with Crippen molar-refractivity contribution in [1.82, 2.24) is 20.2 Å². The van der Waals surface area contributed by atoms with E-state index in [-0.39, 0.29) is 0 Å². The Morgan fingerprint density at radius 2 is 2.00 bits per heavy atom. The highest BCUT2D eigenvalue weighted by Gasteiger charge is 2.15. The molecule has 1 heterocycles. The molecule has 0 aliphatic heterocycles. The normalized spacial score (nSPS) is 11.2. The molecular formula is C14H21N5. The van der Waals surface area contributed by atoms with Gasteiger partial charge in [-0.15, -0.1) is 5.10 Å². The number of hydrogen-bond acceptors (Lipinski definition) is 4. The van der Waals surface area contributed by atoms with E-state index in [9.17, 15) is 0 Å². The number of tetrazole rings is 1. The molecule has 0 unspecified atom stereocenters. The van der Waals surface area contributed by atoms with E-state index >= 15 is 0 Å². The highest BCUT2D eigenvalue weighted by Crippen LogP contribution is 2.26. The van der Waals surface area contributed by atoms with Crippen LogP contribution in [0.3, 0.4) is 0 Å². The summed E-state index contributed by atoms with van der Waals surface area (Å²) < 4.78 is 1.86. The highest BCUT2D eigenvalue weighted by atomic mass is 15.5. The van der Waals surface area contributed by atoms with Crippen molar-refractivity contribution in [3.63, 3.8) is 0 Å². The van der Waals surface area contributed by atoms with Gasteiger partial charge in [-0.3, -0.25) is 0 Å². The molecule has 2 aromatic rings. The van der Waals surface area contributed by atoms with Gasteiger partial charge in [-0.25, -0.2) is 4.68 Å². The molecule has 0 fully saturated rings. The quantitative estimate of drug-likeness (QED) is 0.838. The summed E-state index contributed by atoms with van der Waals surface area (Å²) in [5.74, 6) is 1.35. The van der Waals surface area contributed by atoms with Gasteiger partial charge in [-0.05, 0) is 34.9 Å². The Balaban J connectivity index is 2.36. The Bertz CT molecular complexity index is 543. The SMILES string of the molecule is CCC(CC)Cn1nnnc1-c1cccc(C)c1N. The summed E-state index contributed by atoms with van der Waals surface area (Å²) in [6, 6.07) is 5.95. The third-order valence-electron chi connectivity index (χ3n) is 3.68. The second-order valence-electron chi connectivity index (χ2n) is 4.90. The van der Waals surface area contributed by atoms with Gasteiger partial charge in [0.25, 0.3) is 0 Å². The first-order valence-corrected chi connectivity index (χ1v) is 6.79. The van der Waals surface area contributed by atoms with Crippen LogP contribution in [0.2, 0.25) is 0 Å². The summed E-state index contributed by atoms with van der Waals surface area (Å²) in [7, 11) is 0. The fraction of sp³-hybridized carbons (Fsp3) is 0.500. The van der Waals surface area contributed by atoms with E-state index in [1.54, 1.807) is 0 Å². The number of aromatic nitrogens is 4. The molecule has 0 bridgehead atoms. The van der Waals surface area contributed by atoms with Crippen LogP contribution in [-0.2, 0) is 6.54 Å². The van der Waals surface area contributed by atoms with Crippen LogP contribution in [0.25, 0.3) is 11.4 Å². The largest absolute Gasteiger partial charge is 0.398 e. The number of hydrogen-bond donors (Lipinski definition) is 1. The van der Waals surface area contributed by atoms with Crippen molar-refractivity contribution in [2.75, 3.05) is 5.73 Å². The Morgan fingerprint density at radius 1 is 1.26 bits per heavy atom. The van der Waals surface area contributed by atoms with Crippen molar-refractivity contribution in [3.8, 4) is 11.4 Å². The average molecular weight is 259 g/mol. The van der Waals surface area contributed by atoms with Gasteiger partial charge in [-0.1, -0.05) is 38.8 Å². The van der Waals surface area contributed by atoms with E-state index in [4.69, 9.17) is 5.73 Å². The van der Waals surface area contributed by atoms with Crippen LogP contribution in [0.1, 0.15) is 32.3 Å². The van der Waals surface area contributed by atoms with Crippen LogP contribution in [0.5, 0.6) is 0 Å². The van der Waals surface area contributed by atoms with Gasteiger partial charge < -0.3 is 5.73 Å². The average Bonchev–Trinajstić information content (AvgIpc) is 2.87. The van der Waals surface area contributed by atoms with Crippen molar-refractivity contribution >= 4 is 5.69 Å². The van der Waals surface area contributed by atoms with Gasteiger partial charge in [0.1, 0.15) is 0 Å². The Hall–Kier alpha value is -1.91. The summed E-state index contributed by atoms with van der Waals surface area (Å²) >= 11 is 0. The topological polar surface area (TPSA) is 69.6 Å². The second-order valence-corrected chi connectivity index (χ2v) is 4.90. The molecule has 0 aliphatic carbocycles. The fourth-order valence-corrected chi connectivity index (χ4v) is 2.19. The van der Waals surface area contributed by atoms with Gasteiger partial charge in [0, 0.05) is 17.8 Å². The fourth-order valence-electron chi connectivity index (χ4n) is 2.19. The summed E-state index contributed by atoms with van der Waals surface area (Å²) in [5.41, 5.74) is 8.85. The zero-order valence-electron chi connectivity index (χ0n) is 11.8. The Kier molecular flexibility index (Phi) is 4.14. The molecule has 2 rings (SSSR count). The molecule has 102 valence electrons. The standard InChI is InChI=1S/C14H21N5/c1-4-11(5-2)9-19-14(16-17-18-19)12-8-6-7-10(3)13(12)15/h6-8,11H,4-5,9,15H2,1-3H3. The Labute approximate surface area is 113 Å².